The first-order valence-corrected chi connectivity index (χ1v) is 8.33. The van der Waals surface area contributed by atoms with Crippen molar-refractivity contribution in [3.05, 3.63) is 42.5 Å². The van der Waals surface area contributed by atoms with Gasteiger partial charge in [-0.3, -0.25) is 0 Å². The van der Waals surface area contributed by atoms with E-state index in [9.17, 15) is 4.79 Å². The highest BCUT2D eigenvalue weighted by Gasteiger charge is 2.36. The summed E-state index contributed by atoms with van der Waals surface area (Å²) >= 11 is 0. The summed E-state index contributed by atoms with van der Waals surface area (Å²) in [5, 5.41) is 6.75. The first kappa shape index (κ1) is 15.6. The van der Waals surface area contributed by atoms with Gasteiger partial charge in [0, 0.05) is 37.2 Å². The molecule has 2 aliphatic heterocycles. The number of carbonyl (C=O) groups is 1. The summed E-state index contributed by atoms with van der Waals surface area (Å²) in [5.41, 5.74) is 0.647. The number of aromatic nitrogens is 4. The third kappa shape index (κ3) is 2.90. The number of anilines is 1. The first-order valence-electron chi connectivity index (χ1n) is 8.33. The normalized spacial score (nSPS) is 15.5. The van der Waals surface area contributed by atoms with Crippen molar-refractivity contribution in [1.82, 2.24) is 25.0 Å². The van der Waals surface area contributed by atoms with Gasteiger partial charge in [-0.05, 0) is 18.2 Å². The molecular weight excluding hydrogens is 352 g/mol. The van der Waals surface area contributed by atoms with Gasteiger partial charge in [-0.2, -0.15) is 4.98 Å². The molecule has 0 bridgehead atoms. The van der Waals surface area contributed by atoms with Gasteiger partial charge in [0.15, 0.2) is 11.5 Å². The van der Waals surface area contributed by atoms with Gasteiger partial charge in [0.05, 0.1) is 5.92 Å². The van der Waals surface area contributed by atoms with Crippen LogP contribution in [0.5, 0.6) is 11.5 Å². The molecule has 0 radical (unpaired) electrons. The number of hydrogen-bond acceptors (Lipinski definition) is 8. The van der Waals surface area contributed by atoms with Crippen LogP contribution in [0.1, 0.15) is 11.8 Å². The zero-order chi connectivity index (χ0) is 18.2. The Labute approximate surface area is 153 Å². The topological polar surface area (TPSA) is 116 Å². The number of nitrogens with zero attached hydrogens (tertiary/aromatic N) is 5. The minimum atomic E-state index is -0.198. The van der Waals surface area contributed by atoms with E-state index in [0.717, 1.165) is 0 Å². The maximum absolute atomic E-state index is 12.4. The van der Waals surface area contributed by atoms with Gasteiger partial charge in [-0.1, -0.05) is 5.16 Å². The molecule has 4 heterocycles. The van der Waals surface area contributed by atoms with Crippen LogP contribution >= 0.6 is 0 Å². The number of fused-ring (bicyclic) bond motifs is 1. The van der Waals surface area contributed by atoms with Crippen LogP contribution in [0.15, 0.2) is 41.2 Å². The summed E-state index contributed by atoms with van der Waals surface area (Å²) in [5.74, 6) is 2.52. The second-order valence-corrected chi connectivity index (χ2v) is 6.13. The average molecular weight is 366 g/mol. The van der Waals surface area contributed by atoms with E-state index in [1.807, 2.05) is 0 Å². The van der Waals surface area contributed by atoms with Gasteiger partial charge in [0.2, 0.25) is 24.3 Å². The summed E-state index contributed by atoms with van der Waals surface area (Å²) in [7, 11) is 0. The molecule has 1 aromatic carbocycles. The molecule has 0 spiro atoms. The largest absolute Gasteiger partial charge is 0.454 e. The third-order valence-corrected chi connectivity index (χ3v) is 4.35. The predicted octanol–water partition coefficient (Wildman–Crippen LogP) is 1.89. The Balaban J connectivity index is 1.19. The van der Waals surface area contributed by atoms with Crippen LogP contribution < -0.4 is 14.8 Å². The second-order valence-electron chi connectivity index (χ2n) is 6.13. The van der Waals surface area contributed by atoms with E-state index in [2.05, 4.69) is 25.4 Å². The number of ether oxygens (including phenoxy) is 2. The Morgan fingerprint density at radius 2 is 1.93 bits per heavy atom. The Morgan fingerprint density at radius 3 is 2.78 bits per heavy atom. The highest BCUT2D eigenvalue weighted by Crippen LogP contribution is 2.34. The number of likely N-dealkylation sites (tertiary alicyclic amines) is 1. The van der Waals surface area contributed by atoms with Gasteiger partial charge < -0.3 is 24.2 Å². The lowest BCUT2D eigenvalue weighted by Crippen LogP contribution is -2.50. The van der Waals surface area contributed by atoms with Crippen molar-refractivity contribution in [2.75, 3.05) is 25.2 Å². The van der Waals surface area contributed by atoms with Gasteiger partial charge >= 0.3 is 6.03 Å². The Bertz CT molecular complexity index is 986. The minimum Gasteiger partial charge on any atom is -0.454 e. The number of benzene rings is 1. The lowest BCUT2D eigenvalue weighted by molar-refractivity contribution is 0.147. The molecule has 0 saturated carbocycles. The van der Waals surface area contributed by atoms with E-state index < -0.39 is 0 Å². The summed E-state index contributed by atoms with van der Waals surface area (Å²) < 4.78 is 15.9. The fourth-order valence-electron chi connectivity index (χ4n) is 2.88. The van der Waals surface area contributed by atoms with Crippen LogP contribution in [0.3, 0.4) is 0 Å². The molecule has 136 valence electrons. The van der Waals surface area contributed by atoms with E-state index in [1.54, 1.807) is 41.6 Å². The minimum absolute atomic E-state index is 0.00235. The van der Waals surface area contributed by atoms with Crippen LogP contribution in [-0.4, -0.2) is 50.9 Å². The lowest BCUT2D eigenvalue weighted by Gasteiger charge is -2.36. The molecule has 10 heteroatoms. The van der Waals surface area contributed by atoms with Crippen molar-refractivity contribution in [3.63, 3.8) is 0 Å². The Hall–Kier alpha value is -3.69. The van der Waals surface area contributed by atoms with Crippen molar-refractivity contribution in [1.29, 1.82) is 0 Å². The summed E-state index contributed by atoms with van der Waals surface area (Å²) in [6.45, 7) is 1.18. The molecule has 0 atom stereocenters. The molecule has 5 rings (SSSR count). The number of rotatable bonds is 3. The molecule has 3 aromatic rings. The monoisotopic (exact) mass is 366 g/mol. The van der Waals surface area contributed by atoms with E-state index in [1.165, 1.54) is 0 Å². The fourth-order valence-corrected chi connectivity index (χ4v) is 2.88. The summed E-state index contributed by atoms with van der Waals surface area (Å²) in [4.78, 5) is 26.5. The van der Waals surface area contributed by atoms with Crippen molar-refractivity contribution in [2.24, 2.45) is 0 Å². The number of carbonyl (C=O) groups excluding carboxylic acids is 1. The molecule has 10 nitrogen and oxygen atoms in total. The molecular formula is C17H14N6O4. The van der Waals surface area contributed by atoms with E-state index in [-0.39, 0.29) is 18.7 Å². The first-order chi connectivity index (χ1) is 13.3. The van der Waals surface area contributed by atoms with Gasteiger partial charge in [0.25, 0.3) is 0 Å². The predicted molar refractivity (Wildman–Crippen MR) is 91.2 cm³/mol. The van der Waals surface area contributed by atoms with Crippen LogP contribution in [0.4, 0.5) is 10.5 Å². The SMILES string of the molecule is O=C(Nc1ccc2c(c1)OCO2)N1CC(c2nc(-c3ncccn3)no2)C1. The van der Waals surface area contributed by atoms with Crippen LogP contribution in [0, 0.1) is 0 Å². The van der Waals surface area contributed by atoms with E-state index >= 15 is 0 Å². The zero-order valence-corrected chi connectivity index (χ0v) is 14.0. The maximum Gasteiger partial charge on any atom is 0.321 e. The van der Waals surface area contributed by atoms with Gasteiger partial charge in [0.1, 0.15) is 0 Å². The fraction of sp³-hybridized carbons (Fsp3) is 0.235. The molecule has 2 aromatic heterocycles. The molecule has 1 fully saturated rings. The van der Waals surface area contributed by atoms with Crippen molar-refractivity contribution < 1.29 is 18.8 Å². The van der Waals surface area contributed by atoms with Gasteiger partial charge in [-0.25, -0.2) is 14.8 Å². The molecule has 2 aliphatic rings. The Morgan fingerprint density at radius 1 is 1.11 bits per heavy atom. The van der Waals surface area contributed by atoms with Crippen LogP contribution in [-0.2, 0) is 0 Å². The van der Waals surface area contributed by atoms with E-state index in [4.69, 9.17) is 14.0 Å². The zero-order valence-electron chi connectivity index (χ0n) is 14.0. The number of amides is 2. The molecule has 0 unspecified atom stereocenters. The number of nitrogens with one attached hydrogen (secondary N) is 1. The van der Waals surface area contributed by atoms with Crippen LogP contribution in [0.25, 0.3) is 11.6 Å². The van der Waals surface area contributed by atoms with Gasteiger partial charge in [-0.15, -0.1) is 0 Å². The summed E-state index contributed by atoms with van der Waals surface area (Å²) in [6.07, 6.45) is 3.23. The average Bonchev–Trinajstić information content (AvgIpc) is 3.30. The maximum atomic E-state index is 12.4. The highest BCUT2D eigenvalue weighted by molar-refractivity contribution is 5.90. The molecule has 27 heavy (non-hydrogen) atoms. The molecule has 0 aliphatic carbocycles. The Kier molecular flexibility index (Phi) is 3.59. The second kappa shape index (κ2) is 6.24. The quantitative estimate of drug-likeness (QED) is 0.747. The molecule has 1 saturated heterocycles. The van der Waals surface area contributed by atoms with E-state index in [0.29, 0.717) is 47.8 Å². The molecule has 2 amide bonds. The van der Waals surface area contributed by atoms with Crippen LogP contribution in [0.2, 0.25) is 0 Å². The van der Waals surface area contributed by atoms with Crippen molar-refractivity contribution >= 4 is 11.7 Å². The standard InChI is InChI=1S/C17H14N6O4/c24-17(20-11-2-3-12-13(6-11)26-9-25-12)23-7-10(8-23)16-21-15(22-27-16)14-18-4-1-5-19-14/h1-6,10H,7-9H2,(H,20,24). The van der Waals surface area contributed by atoms with Crippen molar-refractivity contribution in [3.8, 4) is 23.1 Å². The highest BCUT2D eigenvalue weighted by atomic mass is 16.7. The van der Waals surface area contributed by atoms with Crippen molar-refractivity contribution in [2.45, 2.75) is 5.92 Å². The third-order valence-electron chi connectivity index (χ3n) is 4.35. The lowest BCUT2D eigenvalue weighted by atomic mass is 10.0. The number of hydrogen-bond donors (Lipinski definition) is 1. The molecule has 1 N–H and O–H groups in total. The smallest absolute Gasteiger partial charge is 0.321 e. The summed E-state index contributed by atoms with van der Waals surface area (Å²) in [6, 6.07) is 6.79. The number of urea groups is 1.